The molecule has 0 bridgehead atoms. The fourth-order valence-corrected chi connectivity index (χ4v) is 4.02. The highest BCUT2D eigenvalue weighted by Crippen LogP contribution is 2.31. The number of nitrogens with one attached hydrogen (secondary N) is 1. The molecular weight excluding hydrogens is 522 g/mol. The number of hydrogen-bond donors (Lipinski definition) is 1. The molecule has 0 aliphatic carbocycles. The zero-order valence-corrected chi connectivity index (χ0v) is 22.9. The standard InChI is InChI=1S/C29H32ClN3O6/c1-20(2)17-31-29(35)26(15-21-7-5-4-6-8-21)32(18-22-9-11-23(30)12-10-22)28(34)19-39-24-13-14-25(33(36)37)27(16-24)38-3/h4-14,16,20,26H,15,17-19H2,1-3H3,(H,31,35)/t26-/m1/s1. The molecule has 3 rings (SSSR count). The molecule has 9 nitrogen and oxygen atoms in total. The molecule has 0 aliphatic rings. The van der Waals surface area contributed by atoms with Crippen LogP contribution in [-0.4, -0.2) is 47.9 Å². The maximum Gasteiger partial charge on any atom is 0.311 e. The molecule has 1 N–H and O–H groups in total. The third kappa shape index (κ3) is 8.71. The summed E-state index contributed by atoms with van der Waals surface area (Å²) in [5, 5.41) is 14.7. The van der Waals surface area contributed by atoms with Gasteiger partial charge in [-0.3, -0.25) is 19.7 Å². The lowest BCUT2D eigenvalue weighted by molar-refractivity contribution is -0.385. The lowest BCUT2D eigenvalue weighted by atomic mass is 10.0. The highest BCUT2D eigenvalue weighted by Gasteiger charge is 2.31. The van der Waals surface area contributed by atoms with E-state index in [0.29, 0.717) is 18.0 Å². The molecule has 3 aromatic rings. The topological polar surface area (TPSA) is 111 Å². The van der Waals surface area contributed by atoms with E-state index >= 15 is 0 Å². The first-order valence-electron chi connectivity index (χ1n) is 12.5. The van der Waals surface area contributed by atoms with Crippen molar-refractivity contribution in [2.45, 2.75) is 32.9 Å². The molecule has 0 aromatic heterocycles. The number of halogens is 1. The van der Waals surface area contributed by atoms with E-state index < -0.39 is 23.5 Å². The van der Waals surface area contributed by atoms with Crippen LogP contribution >= 0.6 is 11.6 Å². The number of carbonyl (C=O) groups is 2. The lowest BCUT2D eigenvalue weighted by Crippen LogP contribution is -2.52. The Morgan fingerprint density at radius 1 is 1.03 bits per heavy atom. The molecule has 3 aromatic carbocycles. The maximum absolute atomic E-state index is 13.6. The van der Waals surface area contributed by atoms with Crippen LogP contribution in [0.1, 0.15) is 25.0 Å². The van der Waals surface area contributed by atoms with Gasteiger partial charge < -0.3 is 19.7 Å². The first-order valence-corrected chi connectivity index (χ1v) is 12.9. The van der Waals surface area contributed by atoms with Gasteiger partial charge in [-0.1, -0.05) is 67.9 Å². The number of benzene rings is 3. The first-order chi connectivity index (χ1) is 18.7. The summed E-state index contributed by atoms with van der Waals surface area (Å²) in [5.41, 5.74) is 1.47. The van der Waals surface area contributed by atoms with Crippen LogP contribution in [0.5, 0.6) is 11.5 Å². The molecular formula is C29H32ClN3O6. The van der Waals surface area contributed by atoms with Gasteiger partial charge in [0, 0.05) is 36.7 Å². The molecule has 206 valence electrons. The Kier molecular flexibility index (Phi) is 10.7. The highest BCUT2D eigenvalue weighted by atomic mass is 35.5. The van der Waals surface area contributed by atoms with Gasteiger partial charge in [-0.15, -0.1) is 0 Å². The van der Waals surface area contributed by atoms with Crippen LogP contribution in [-0.2, 0) is 22.6 Å². The van der Waals surface area contributed by atoms with Gasteiger partial charge in [-0.25, -0.2) is 0 Å². The van der Waals surface area contributed by atoms with Crippen molar-refractivity contribution in [3.05, 3.63) is 99.1 Å². The summed E-state index contributed by atoms with van der Waals surface area (Å²) in [7, 11) is 1.31. The SMILES string of the molecule is COc1cc(OCC(=O)N(Cc2ccc(Cl)cc2)[C@H](Cc2ccccc2)C(=O)NCC(C)C)ccc1[N+](=O)[O-]. The number of carbonyl (C=O) groups excluding carboxylic acids is 2. The number of amides is 2. The third-order valence-electron chi connectivity index (χ3n) is 5.93. The maximum atomic E-state index is 13.6. The molecule has 0 unspecified atom stereocenters. The van der Waals surface area contributed by atoms with E-state index in [4.69, 9.17) is 21.1 Å². The highest BCUT2D eigenvalue weighted by molar-refractivity contribution is 6.30. The fraction of sp³-hybridized carbons (Fsp3) is 0.310. The molecule has 39 heavy (non-hydrogen) atoms. The van der Waals surface area contributed by atoms with Crippen molar-refractivity contribution in [2.24, 2.45) is 5.92 Å². The van der Waals surface area contributed by atoms with Crippen LogP contribution in [0, 0.1) is 16.0 Å². The minimum Gasteiger partial charge on any atom is -0.490 e. The fourth-order valence-electron chi connectivity index (χ4n) is 3.89. The van der Waals surface area contributed by atoms with Crippen LogP contribution in [0.25, 0.3) is 0 Å². The lowest BCUT2D eigenvalue weighted by Gasteiger charge is -2.31. The monoisotopic (exact) mass is 553 g/mol. The Balaban J connectivity index is 1.90. The van der Waals surface area contributed by atoms with E-state index in [1.165, 1.54) is 30.2 Å². The van der Waals surface area contributed by atoms with Gasteiger partial charge in [0.1, 0.15) is 11.8 Å². The molecule has 1 atom stereocenters. The predicted octanol–water partition coefficient (Wildman–Crippen LogP) is 5.05. The van der Waals surface area contributed by atoms with Crippen molar-refractivity contribution in [1.82, 2.24) is 10.2 Å². The molecule has 0 saturated carbocycles. The number of methoxy groups -OCH3 is 1. The van der Waals surface area contributed by atoms with Crippen LogP contribution in [0.4, 0.5) is 5.69 Å². The van der Waals surface area contributed by atoms with Crippen molar-refractivity contribution in [3.8, 4) is 11.5 Å². The minimum absolute atomic E-state index is 0.0120. The number of ether oxygens (including phenoxy) is 2. The third-order valence-corrected chi connectivity index (χ3v) is 6.18. The quantitative estimate of drug-likeness (QED) is 0.234. The van der Waals surface area contributed by atoms with Crippen molar-refractivity contribution < 1.29 is 24.0 Å². The van der Waals surface area contributed by atoms with Gasteiger partial charge in [0.2, 0.25) is 11.7 Å². The largest absolute Gasteiger partial charge is 0.490 e. The zero-order valence-electron chi connectivity index (χ0n) is 22.1. The van der Waals surface area contributed by atoms with Crippen LogP contribution in [0.15, 0.2) is 72.8 Å². The Hall–Kier alpha value is -4.11. The minimum atomic E-state index is -0.815. The molecule has 2 amide bonds. The summed E-state index contributed by atoms with van der Waals surface area (Å²) in [5.74, 6) is -0.235. The Labute approximate surface area is 232 Å². The molecule has 10 heteroatoms. The van der Waals surface area contributed by atoms with Crippen molar-refractivity contribution in [2.75, 3.05) is 20.3 Å². The van der Waals surface area contributed by atoms with E-state index in [2.05, 4.69) is 5.32 Å². The summed E-state index contributed by atoms with van der Waals surface area (Å²) in [6.07, 6.45) is 0.301. The summed E-state index contributed by atoms with van der Waals surface area (Å²) in [4.78, 5) is 39.2. The summed E-state index contributed by atoms with van der Waals surface area (Å²) in [6, 6.07) is 19.7. The van der Waals surface area contributed by atoms with Crippen LogP contribution in [0.2, 0.25) is 5.02 Å². The molecule has 0 spiro atoms. The summed E-state index contributed by atoms with van der Waals surface area (Å²) >= 11 is 6.06. The molecule has 0 radical (unpaired) electrons. The van der Waals surface area contributed by atoms with E-state index in [9.17, 15) is 19.7 Å². The zero-order chi connectivity index (χ0) is 28.4. The van der Waals surface area contributed by atoms with Gasteiger partial charge in [0.05, 0.1) is 12.0 Å². The molecule has 0 aliphatic heterocycles. The van der Waals surface area contributed by atoms with Crippen molar-refractivity contribution in [3.63, 3.8) is 0 Å². The summed E-state index contributed by atoms with van der Waals surface area (Å²) in [6.45, 7) is 4.21. The van der Waals surface area contributed by atoms with E-state index in [-0.39, 0.29) is 35.6 Å². The Bertz CT molecular complexity index is 1270. The van der Waals surface area contributed by atoms with Gasteiger partial charge in [0.15, 0.2) is 6.61 Å². The van der Waals surface area contributed by atoms with Gasteiger partial charge >= 0.3 is 5.69 Å². The normalized spacial score (nSPS) is 11.5. The van der Waals surface area contributed by atoms with Gasteiger partial charge in [-0.05, 0) is 35.2 Å². The predicted molar refractivity (Wildman–Crippen MR) is 149 cm³/mol. The first kappa shape index (κ1) is 29.4. The second kappa shape index (κ2) is 14.2. The number of hydrogen-bond acceptors (Lipinski definition) is 6. The number of rotatable bonds is 13. The molecule has 0 fully saturated rings. The Morgan fingerprint density at radius 2 is 1.72 bits per heavy atom. The average molecular weight is 554 g/mol. The second-order valence-corrected chi connectivity index (χ2v) is 9.81. The number of nitro groups is 1. The second-order valence-electron chi connectivity index (χ2n) is 9.37. The van der Waals surface area contributed by atoms with Crippen LogP contribution in [0.3, 0.4) is 0 Å². The van der Waals surface area contributed by atoms with Gasteiger partial charge in [-0.2, -0.15) is 0 Å². The number of nitro benzene ring substituents is 1. The van der Waals surface area contributed by atoms with Crippen molar-refractivity contribution >= 4 is 29.1 Å². The van der Waals surface area contributed by atoms with E-state index in [1.54, 1.807) is 24.3 Å². The van der Waals surface area contributed by atoms with Gasteiger partial charge in [0.25, 0.3) is 5.91 Å². The number of nitrogens with zero attached hydrogens (tertiary/aromatic N) is 2. The van der Waals surface area contributed by atoms with Crippen molar-refractivity contribution in [1.29, 1.82) is 0 Å². The van der Waals surface area contributed by atoms with Crippen LogP contribution < -0.4 is 14.8 Å². The van der Waals surface area contributed by atoms with E-state index in [0.717, 1.165) is 11.1 Å². The smallest absolute Gasteiger partial charge is 0.311 e. The van der Waals surface area contributed by atoms with E-state index in [1.807, 2.05) is 44.2 Å². The summed E-state index contributed by atoms with van der Waals surface area (Å²) < 4.78 is 10.8. The Morgan fingerprint density at radius 3 is 2.33 bits per heavy atom. The molecule has 0 heterocycles. The average Bonchev–Trinajstić information content (AvgIpc) is 2.93. The molecule has 0 saturated heterocycles.